The molecule has 2 aromatic rings. The van der Waals surface area contributed by atoms with Crippen LogP contribution in [0.25, 0.3) is 0 Å². The van der Waals surface area contributed by atoms with Gasteiger partial charge in [0.05, 0.1) is 18.8 Å². The number of hydrogen-bond donors (Lipinski definition) is 0. The highest BCUT2D eigenvalue weighted by Gasteiger charge is 2.26. The lowest BCUT2D eigenvalue weighted by atomic mass is 9.85. The Bertz CT molecular complexity index is 1300. The normalized spacial score (nSPS) is 11.4. The Morgan fingerprint density at radius 3 is 1.56 bits per heavy atom. The summed E-state index contributed by atoms with van der Waals surface area (Å²) in [6, 6.07) is 15.4. The SMILES string of the molecule is C=CCOC(=O)/C=C(/C(=O)OCC=C)C(CCc1ccc(CCOC(=O)C=C)cc1)c1ccc(CCOC(=O)C=C)cc1. The molecule has 8 nitrogen and oxygen atoms in total. The molecule has 0 N–H and O–H groups in total. The minimum Gasteiger partial charge on any atom is -0.462 e. The molecule has 0 amide bonds. The number of rotatable bonds is 19. The second kappa shape index (κ2) is 19.2. The number of carbonyl (C=O) groups is 4. The molecule has 0 fully saturated rings. The van der Waals surface area contributed by atoms with E-state index in [4.69, 9.17) is 18.9 Å². The molecule has 0 heterocycles. The maximum absolute atomic E-state index is 13.2. The first-order valence-corrected chi connectivity index (χ1v) is 13.8. The Kier molecular flexibility index (Phi) is 15.3. The summed E-state index contributed by atoms with van der Waals surface area (Å²) in [5.41, 5.74) is 3.91. The molecule has 43 heavy (non-hydrogen) atoms. The van der Waals surface area contributed by atoms with E-state index in [2.05, 4.69) is 26.3 Å². The van der Waals surface area contributed by atoms with Gasteiger partial charge in [-0.3, -0.25) is 0 Å². The zero-order valence-electron chi connectivity index (χ0n) is 24.3. The number of benzene rings is 2. The second-order valence-electron chi connectivity index (χ2n) is 9.30. The first kappa shape index (κ1) is 34.2. The molecule has 8 heteroatoms. The van der Waals surface area contributed by atoms with E-state index in [9.17, 15) is 19.2 Å². The van der Waals surface area contributed by atoms with Crippen LogP contribution in [0.3, 0.4) is 0 Å². The Balaban J connectivity index is 2.31. The van der Waals surface area contributed by atoms with Crippen molar-refractivity contribution in [3.8, 4) is 0 Å². The average molecular weight is 587 g/mol. The first-order valence-electron chi connectivity index (χ1n) is 13.8. The van der Waals surface area contributed by atoms with Crippen molar-refractivity contribution in [3.05, 3.63) is 133 Å². The highest BCUT2D eigenvalue weighted by Crippen LogP contribution is 2.31. The van der Waals surface area contributed by atoms with Gasteiger partial charge in [-0.1, -0.05) is 87.0 Å². The van der Waals surface area contributed by atoms with Crippen molar-refractivity contribution in [2.24, 2.45) is 0 Å². The predicted molar refractivity (Wildman–Crippen MR) is 164 cm³/mol. The molecule has 0 radical (unpaired) electrons. The largest absolute Gasteiger partial charge is 0.462 e. The molecule has 0 aliphatic heterocycles. The highest BCUT2D eigenvalue weighted by atomic mass is 16.5. The van der Waals surface area contributed by atoms with E-state index in [0.29, 0.717) is 25.7 Å². The van der Waals surface area contributed by atoms with Crippen molar-refractivity contribution in [2.75, 3.05) is 26.4 Å². The molecule has 0 saturated heterocycles. The smallest absolute Gasteiger partial charge is 0.335 e. The number of hydrogen-bond acceptors (Lipinski definition) is 8. The van der Waals surface area contributed by atoms with E-state index in [1.165, 1.54) is 18.2 Å². The third kappa shape index (κ3) is 12.6. The number of ether oxygens (including phenoxy) is 4. The topological polar surface area (TPSA) is 105 Å². The fourth-order valence-corrected chi connectivity index (χ4v) is 4.09. The molecule has 1 atom stereocenters. The van der Waals surface area contributed by atoms with Crippen LogP contribution in [-0.4, -0.2) is 50.3 Å². The van der Waals surface area contributed by atoms with Crippen LogP contribution in [0, 0.1) is 0 Å². The van der Waals surface area contributed by atoms with Gasteiger partial charge in [0.1, 0.15) is 13.2 Å². The van der Waals surface area contributed by atoms with Crippen LogP contribution in [0.2, 0.25) is 0 Å². The van der Waals surface area contributed by atoms with E-state index in [1.807, 2.05) is 48.5 Å². The molecule has 0 aliphatic rings. The Morgan fingerprint density at radius 1 is 0.605 bits per heavy atom. The molecule has 2 rings (SSSR count). The van der Waals surface area contributed by atoms with E-state index >= 15 is 0 Å². The third-order valence-corrected chi connectivity index (χ3v) is 6.29. The molecule has 0 spiro atoms. The molecular weight excluding hydrogens is 548 g/mol. The van der Waals surface area contributed by atoms with Crippen molar-refractivity contribution in [3.63, 3.8) is 0 Å². The average Bonchev–Trinajstić information content (AvgIpc) is 3.03. The molecule has 0 aliphatic carbocycles. The van der Waals surface area contributed by atoms with Gasteiger partial charge in [0, 0.05) is 37.0 Å². The summed E-state index contributed by atoms with van der Waals surface area (Å²) in [5.74, 6) is -2.78. The van der Waals surface area contributed by atoms with Crippen LogP contribution in [0.15, 0.2) is 111 Å². The molecule has 0 saturated carbocycles. The monoisotopic (exact) mass is 586 g/mol. The Labute approximate surface area is 253 Å². The highest BCUT2D eigenvalue weighted by molar-refractivity contribution is 5.97. The van der Waals surface area contributed by atoms with Gasteiger partial charge in [-0.2, -0.15) is 0 Å². The van der Waals surface area contributed by atoms with E-state index in [0.717, 1.165) is 34.4 Å². The zero-order valence-corrected chi connectivity index (χ0v) is 24.3. The van der Waals surface area contributed by atoms with Crippen LogP contribution in [-0.2, 0) is 57.4 Å². The van der Waals surface area contributed by atoms with Crippen LogP contribution in [0.1, 0.15) is 34.6 Å². The van der Waals surface area contributed by atoms with Gasteiger partial charge in [-0.25, -0.2) is 19.2 Å². The van der Waals surface area contributed by atoms with Gasteiger partial charge in [-0.15, -0.1) is 0 Å². The fraction of sp³-hybridized carbons (Fsp3) is 0.257. The number of aryl methyl sites for hydroxylation is 1. The van der Waals surface area contributed by atoms with E-state index < -0.39 is 29.8 Å². The van der Waals surface area contributed by atoms with E-state index in [-0.39, 0.29) is 32.0 Å². The quantitative estimate of drug-likeness (QED) is 0.0942. The summed E-state index contributed by atoms with van der Waals surface area (Å²) in [7, 11) is 0. The summed E-state index contributed by atoms with van der Waals surface area (Å²) >= 11 is 0. The summed E-state index contributed by atoms with van der Waals surface area (Å²) in [4.78, 5) is 48.4. The predicted octanol–water partition coefficient (Wildman–Crippen LogP) is 5.33. The molecule has 226 valence electrons. The summed E-state index contributed by atoms with van der Waals surface area (Å²) in [5, 5.41) is 0. The number of esters is 4. The minimum atomic E-state index is -0.683. The Morgan fingerprint density at radius 2 is 1.07 bits per heavy atom. The van der Waals surface area contributed by atoms with E-state index in [1.54, 1.807) is 0 Å². The van der Waals surface area contributed by atoms with Crippen LogP contribution >= 0.6 is 0 Å². The summed E-state index contributed by atoms with van der Waals surface area (Å²) in [6.07, 6.45) is 8.45. The lowest BCUT2D eigenvalue weighted by Gasteiger charge is -2.21. The summed E-state index contributed by atoms with van der Waals surface area (Å²) in [6.45, 7) is 14.4. The number of carbonyl (C=O) groups excluding carboxylic acids is 4. The maximum Gasteiger partial charge on any atom is 0.335 e. The Hall–Kier alpha value is -4.98. The minimum absolute atomic E-state index is 0.000746. The van der Waals surface area contributed by atoms with Gasteiger partial charge >= 0.3 is 23.9 Å². The van der Waals surface area contributed by atoms with Gasteiger partial charge < -0.3 is 18.9 Å². The first-order chi connectivity index (χ1) is 20.8. The zero-order chi connectivity index (χ0) is 31.5. The van der Waals surface area contributed by atoms with Gasteiger partial charge in [0.25, 0.3) is 0 Å². The standard InChI is InChI=1S/C35H38O8/c1-5-21-40-34(38)25-31(35(39)43-22-6-2)30(29-16-13-28(14-17-29)20-24-42-33(37)8-4)18-15-26-9-11-27(12-10-26)19-23-41-32(36)7-3/h5-14,16-17,25,30H,1-4,15,18-24H2/b31-25+. The van der Waals surface area contributed by atoms with Crippen LogP contribution < -0.4 is 0 Å². The lowest BCUT2D eigenvalue weighted by molar-refractivity contribution is -0.140. The van der Waals surface area contributed by atoms with Crippen molar-refractivity contribution >= 4 is 23.9 Å². The van der Waals surface area contributed by atoms with Crippen molar-refractivity contribution in [1.82, 2.24) is 0 Å². The third-order valence-electron chi connectivity index (χ3n) is 6.29. The van der Waals surface area contributed by atoms with Gasteiger partial charge in [0.2, 0.25) is 0 Å². The molecule has 0 bridgehead atoms. The second-order valence-corrected chi connectivity index (χ2v) is 9.30. The summed E-state index contributed by atoms with van der Waals surface area (Å²) < 4.78 is 20.6. The van der Waals surface area contributed by atoms with Crippen molar-refractivity contribution < 1.29 is 38.1 Å². The van der Waals surface area contributed by atoms with Gasteiger partial charge in [-0.05, 0) is 35.1 Å². The molecule has 2 aromatic carbocycles. The van der Waals surface area contributed by atoms with Crippen LogP contribution in [0.5, 0.6) is 0 Å². The molecule has 1 unspecified atom stereocenters. The van der Waals surface area contributed by atoms with Crippen molar-refractivity contribution in [2.45, 2.75) is 31.6 Å². The lowest BCUT2D eigenvalue weighted by Crippen LogP contribution is -2.18. The fourth-order valence-electron chi connectivity index (χ4n) is 4.09. The molecule has 0 aromatic heterocycles. The molecular formula is C35H38O8. The van der Waals surface area contributed by atoms with Crippen molar-refractivity contribution in [1.29, 1.82) is 0 Å². The van der Waals surface area contributed by atoms with Gasteiger partial charge in [0.15, 0.2) is 0 Å². The maximum atomic E-state index is 13.2. The van der Waals surface area contributed by atoms with Crippen LogP contribution in [0.4, 0.5) is 0 Å².